The van der Waals surface area contributed by atoms with Crippen LogP contribution in [0.15, 0.2) is 30.3 Å². The second-order valence-electron chi connectivity index (χ2n) is 6.24. The summed E-state index contributed by atoms with van der Waals surface area (Å²) in [6, 6.07) is 10.7. The maximum Gasteiger partial charge on any atom is 0.0597 e. The van der Waals surface area contributed by atoms with Gasteiger partial charge < -0.3 is 5.32 Å². The quantitative estimate of drug-likeness (QED) is 0.906. The Balaban J connectivity index is 2.19. The van der Waals surface area contributed by atoms with Crippen LogP contribution in [0.1, 0.15) is 44.6 Å². The van der Waals surface area contributed by atoms with Gasteiger partial charge in [0.15, 0.2) is 0 Å². The van der Waals surface area contributed by atoms with E-state index in [2.05, 4.69) is 73.1 Å². The van der Waals surface area contributed by atoms with E-state index in [0.29, 0.717) is 0 Å². The number of aryl methyl sites for hydroxylation is 2. The van der Waals surface area contributed by atoms with Crippen molar-refractivity contribution in [3.63, 3.8) is 0 Å². The molecular weight excluding hydrogens is 246 g/mol. The van der Waals surface area contributed by atoms with Gasteiger partial charge in [-0.1, -0.05) is 39.0 Å². The van der Waals surface area contributed by atoms with Crippen molar-refractivity contribution >= 4 is 5.69 Å². The lowest BCUT2D eigenvalue weighted by Crippen LogP contribution is -2.15. The van der Waals surface area contributed by atoms with Crippen LogP contribution in [0.25, 0.3) is 0 Å². The Morgan fingerprint density at radius 3 is 2.55 bits per heavy atom. The molecule has 1 heterocycles. The molecule has 0 saturated heterocycles. The number of benzene rings is 1. The Hall–Kier alpha value is -1.77. The summed E-state index contributed by atoms with van der Waals surface area (Å²) in [6.45, 7) is 12.6. The molecule has 0 aliphatic rings. The highest BCUT2D eigenvalue weighted by atomic mass is 15.3. The van der Waals surface area contributed by atoms with Crippen LogP contribution >= 0.6 is 0 Å². The molecule has 20 heavy (non-hydrogen) atoms. The first-order valence-electron chi connectivity index (χ1n) is 7.28. The molecule has 0 bridgehead atoms. The number of hydrogen-bond acceptors (Lipinski definition) is 2. The third-order valence-corrected chi connectivity index (χ3v) is 3.48. The van der Waals surface area contributed by atoms with E-state index in [1.165, 1.54) is 16.9 Å². The van der Waals surface area contributed by atoms with Crippen molar-refractivity contribution < 1.29 is 0 Å². The maximum absolute atomic E-state index is 4.49. The summed E-state index contributed by atoms with van der Waals surface area (Å²) in [5, 5.41) is 8.05. The lowest BCUT2D eigenvalue weighted by Gasteiger charge is -2.23. The molecule has 1 N–H and O–H groups in total. The van der Waals surface area contributed by atoms with Crippen molar-refractivity contribution in [2.24, 2.45) is 0 Å². The minimum atomic E-state index is 0.143. The predicted molar refractivity (Wildman–Crippen MR) is 85.1 cm³/mol. The lowest BCUT2D eigenvalue weighted by molar-refractivity contribution is 0.590. The zero-order valence-electron chi connectivity index (χ0n) is 13.2. The molecule has 2 rings (SSSR count). The van der Waals surface area contributed by atoms with Gasteiger partial charge in [0.25, 0.3) is 0 Å². The van der Waals surface area contributed by atoms with E-state index in [4.69, 9.17) is 0 Å². The fraction of sp³-hybridized carbons (Fsp3) is 0.471. The summed E-state index contributed by atoms with van der Waals surface area (Å²) in [6.07, 6.45) is 0. The van der Waals surface area contributed by atoms with Gasteiger partial charge in [0.1, 0.15) is 0 Å². The smallest absolute Gasteiger partial charge is 0.0597 e. The van der Waals surface area contributed by atoms with E-state index in [9.17, 15) is 0 Å². The first-order valence-corrected chi connectivity index (χ1v) is 7.28. The molecule has 1 aromatic heterocycles. The second-order valence-corrected chi connectivity index (χ2v) is 6.24. The Kier molecular flexibility index (Phi) is 4.17. The van der Waals surface area contributed by atoms with Crippen LogP contribution in [-0.2, 0) is 18.5 Å². The zero-order valence-corrected chi connectivity index (χ0v) is 13.2. The molecule has 108 valence electrons. The molecule has 0 aliphatic carbocycles. The molecule has 3 nitrogen and oxygen atoms in total. The van der Waals surface area contributed by atoms with E-state index >= 15 is 0 Å². The zero-order chi connectivity index (χ0) is 14.8. The van der Waals surface area contributed by atoms with Crippen LogP contribution < -0.4 is 5.32 Å². The minimum absolute atomic E-state index is 0.143. The Labute approximate surface area is 122 Å². The molecular formula is C17H25N3. The van der Waals surface area contributed by atoms with Gasteiger partial charge in [-0.05, 0) is 37.0 Å². The van der Waals surface area contributed by atoms with Gasteiger partial charge >= 0.3 is 0 Å². The largest absolute Gasteiger partial charge is 0.379 e. The fourth-order valence-electron chi connectivity index (χ4n) is 2.49. The number of nitrogens with one attached hydrogen (secondary N) is 1. The molecule has 0 fully saturated rings. The summed E-state index contributed by atoms with van der Waals surface area (Å²) in [7, 11) is 0. The summed E-state index contributed by atoms with van der Waals surface area (Å²) >= 11 is 0. The highest BCUT2D eigenvalue weighted by molar-refractivity contribution is 5.54. The monoisotopic (exact) mass is 271 g/mol. The van der Waals surface area contributed by atoms with Crippen LogP contribution in [0, 0.1) is 6.92 Å². The normalized spacial score (nSPS) is 11.7. The van der Waals surface area contributed by atoms with Crippen molar-refractivity contribution in [3.05, 3.63) is 47.3 Å². The van der Waals surface area contributed by atoms with Gasteiger partial charge in [-0.25, -0.2) is 0 Å². The number of para-hydroxylation sites is 1. The van der Waals surface area contributed by atoms with Crippen LogP contribution in [0.4, 0.5) is 5.69 Å². The Bertz CT molecular complexity index is 576. The number of anilines is 1. The average Bonchev–Trinajstić information content (AvgIpc) is 2.76. The summed E-state index contributed by atoms with van der Waals surface area (Å²) < 4.78 is 2.06. The molecule has 0 amide bonds. The van der Waals surface area contributed by atoms with Crippen LogP contribution in [0.3, 0.4) is 0 Å². The number of hydrogen-bond donors (Lipinski definition) is 1. The van der Waals surface area contributed by atoms with Crippen molar-refractivity contribution in [2.75, 3.05) is 5.32 Å². The van der Waals surface area contributed by atoms with E-state index in [0.717, 1.165) is 18.8 Å². The standard InChI is InChI=1S/C17H25N3/c1-6-20-14(11-13(2)19-20)12-18-16-10-8-7-9-15(16)17(3,4)5/h7-11,18H,6,12H2,1-5H3. The van der Waals surface area contributed by atoms with E-state index < -0.39 is 0 Å². The highest BCUT2D eigenvalue weighted by Gasteiger charge is 2.17. The second kappa shape index (κ2) is 5.70. The molecule has 1 aromatic carbocycles. The topological polar surface area (TPSA) is 29.9 Å². The molecule has 0 unspecified atom stereocenters. The summed E-state index contributed by atoms with van der Waals surface area (Å²) in [4.78, 5) is 0. The highest BCUT2D eigenvalue weighted by Crippen LogP contribution is 2.29. The van der Waals surface area contributed by atoms with Crippen LogP contribution in [0.2, 0.25) is 0 Å². The molecule has 0 atom stereocenters. The average molecular weight is 271 g/mol. The van der Waals surface area contributed by atoms with Gasteiger partial charge in [0.05, 0.1) is 17.9 Å². The summed E-state index contributed by atoms with van der Waals surface area (Å²) in [5.41, 5.74) is 5.01. The summed E-state index contributed by atoms with van der Waals surface area (Å²) in [5.74, 6) is 0. The third kappa shape index (κ3) is 3.21. The van der Waals surface area contributed by atoms with Gasteiger partial charge in [-0.2, -0.15) is 5.10 Å². The Morgan fingerprint density at radius 1 is 1.20 bits per heavy atom. The van der Waals surface area contributed by atoms with Crippen molar-refractivity contribution in [3.8, 4) is 0 Å². The SMILES string of the molecule is CCn1nc(C)cc1CNc1ccccc1C(C)(C)C. The van der Waals surface area contributed by atoms with Crippen molar-refractivity contribution in [1.82, 2.24) is 9.78 Å². The van der Waals surface area contributed by atoms with Crippen molar-refractivity contribution in [1.29, 1.82) is 0 Å². The number of rotatable bonds is 4. The fourth-order valence-corrected chi connectivity index (χ4v) is 2.49. The van der Waals surface area contributed by atoms with Gasteiger partial charge in [-0.15, -0.1) is 0 Å². The van der Waals surface area contributed by atoms with E-state index in [1.807, 2.05) is 6.92 Å². The predicted octanol–water partition coefficient (Wildman–Crippen LogP) is 4.12. The molecule has 0 spiro atoms. The van der Waals surface area contributed by atoms with Crippen molar-refractivity contribution in [2.45, 2.75) is 53.1 Å². The van der Waals surface area contributed by atoms with E-state index in [-0.39, 0.29) is 5.41 Å². The van der Waals surface area contributed by atoms with E-state index in [1.54, 1.807) is 0 Å². The van der Waals surface area contributed by atoms with Gasteiger partial charge in [0, 0.05) is 12.2 Å². The molecule has 0 radical (unpaired) electrons. The van der Waals surface area contributed by atoms with Crippen LogP contribution in [-0.4, -0.2) is 9.78 Å². The number of aromatic nitrogens is 2. The molecule has 0 aliphatic heterocycles. The number of nitrogens with zero attached hydrogens (tertiary/aromatic N) is 2. The van der Waals surface area contributed by atoms with Gasteiger partial charge in [-0.3, -0.25) is 4.68 Å². The van der Waals surface area contributed by atoms with Crippen LogP contribution in [0.5, 0.6) is 0 Å². The third-order valence-electron chi connectivity index (χ3n) is 3.48. The van der Waals surface area contributed by atoms with Gasteiger partial charge in [0.2, 0.25) is 0 Å². The first-order chi connectivity index (χ1) is 9.41. The molecule has 2 aromatic rings. The Morgan fingerprint density at radius 2 is 1.90 bits per heavy atom. The maximum atomic E-state index is 4.49. The first kappa shape index (κ1) is 14.6. The lowest BCUT2D eigenvalue weighted by atomic mass is 9.86. The minimum Gasteiger partial charge on any atom is -0.379 e. The molecule has 3 heteroatoms. The molecule has 0 saturated carbocycles.